The molecule has 0 fully saturated rings. The topological polar surface area (TPSA) is 64.7 Å². The van der Waals surface area contributed by atoms with Gasteiger partial charge in [-0.25, -0.2) is 4.79 Å². The molecule has 2 rings (SSSR count). The number of hydrogen-bond donors (Lipinski definition) is 2. The summed E-state index contributed by atoms with van der Waals surface area (Å²) >= 11 is 0. The first-order valence-electron chi connectivity index (χ1n) is 11.9. The molecule has 2 N–H and O–H groups in total. The van der Waals surface area contributed by atoms with E-state index in [2.05, 4.69) is 31.4 Å². The molecule has 0 heterocycles. The van der Waals surface area contributed by atoms with Gasteiger partial charge in [0.1, 0.15) is 0 Å². The fourth-order valence-electron chi connectivity index (χ4n) is 3.95. The zero-order valence-electron chi connectivity index (χ0n) is 21.2. The first-order valence-corrected chi connectivity index (χ1v) is 11.9. The average molecular weight is 453 g/mol. The van der Waals surface area contributed by atoms with Gasteiger partial charge in [0.25, 0.3) is 0 Å². The van der Waals surface area contributed by atoms with Crippen molar-refractivity contribution in [3.05, 3.63) is 59.7 Å². The SMILES string of the molecule is CC[C@H](C(=O)N(Cc1cc(NC(=O)NC(C)C)ccc1N(C)C)[C@H](C)CC)c1ccccc1. The number of amides is 3. The van der Waals surface area contributed by atoms with Crippen LogP contribution in [0.1, 0.15) is 64.5 Å². The molecule has 2 aromatic rings. The molecule has 0 aliphatic carbocycles. The maximum atomic E-state index is 13.8. The van der Waals surface area contributed by atoms with E-state index in [-0.39, 0.29) is 29.9 Å². The van der Waals surface area contributed by atoms with Crippen molar-refractivity contribution in [2.45, 2.75) is 72.0 Å². The quantitative estimate of drug-likeness (QED) is 0.493. The molecule has 33 heavy (non-hydrogen) atoms. The van der Waals surface area contributed by atoms with E-state index in [0.717, 1.165) is 29.7 Å². The Labute approximate surface area is 199 Å². The number of carbonyl (C=O) groups excluding carboxylic acids is 2. The maximum Gasteiger partial charge on any atom is 0.319 e. The van der Waals surface area contributed by atoms with Crippen molar-refractivity contribution in [3.63, 3.8) is 0 Å². The summed E-state index contributed by atoms with van der Waals surface area (Å²) in [5.41, 5.74) is 3.78. The molecule has 180 valence electrons. The van der Waals surface area contributed by atoms with Crippen LogP contribution < -0.4 is 15.5 Å². The third-order valence-electron chi connectivity index (χ3n) is 5.89. The van der Waals surface area contributed by atoms with Crippen molar-refractivity contribution < 1.29 is 9.59 Å². The van der Waals surface area contributed by atoms with Crippen molar-refractivity contribution in [1.82, 2.24) is 10.2 Å². The van der Waals surface area contributed by atoms with Crippen molar-refractivity contribution >= 4 is 23.3 Å². The van der Waals surface area contributed by atoms with Gasteiger partial charge >= 0.3 is 6.03 Å². The Morgan fingerprint density at radius 2 is 1.61 bits per heavy atom. The van der Waals surface area contributed by atoms with E-state index < -0.39 is 0 Å². The summed E-state index contributed by atoms with van der Waals surface area (Å²) in [5.74, 6) is -0.0418. The lowest BCUT2D eigenvalue weighted by Gasteiger charge is -2.33. The molecule has 2 atom stereocenters. The molecule has 0 aromatic heterocycles. The van der Waals surface area contributed by atoms with E-state index in [1.807, 2.05) is 86.3 Å². The van der Waals surface area contributed by atoms with Gasteiger partial charge in [-0.15, -0.1) is 0 Å². The van der Waals surface area contributed by atoms with E-state index >= 15 is 0 Å². The normalized spacial score (nSPS) is 12.7. The summed E-state index contributed by atoms with van der Waals surface area (Å²) in [6.07, 6.45) is 1.61. The Balaban J connectivity index is 2.39. The molecule has 0 saturated heterocycles. The van der Waals surface area contributed by atoms with Crippen LogP contribution >= 0.6 is 0 Å². The van der Waals surface area contributed by atoms with Crippen LogP contribution in [0.5, 0.6) is 0 Å². The number of carbonyl (C=O) groups is 2. The Morgan fingerprint density at radius 1 is 0.939 bits per heavy atom. The fourth-order valence-corrected chi connectivity index (χ4v) is 3.95. The predicted octanol–water partition coefficient (Wildman–Crippen LogP) is 5.60. The van der Waals surface area contributed by atoms with Gasteiger partial charge < -0.3 is 20.4 Å². The highest BCUT2D eigenvalue weighted by molar-refractivity contribution is 5.90. The van der Waals surface area contributed by atoms with E-state index in [1.54, 1.807) is 0 Å². The smallest absolute Gasteiger partial charge is 0.319 e. The van der Waals surface area contributed by atoms with Gasteiger partial charge in [-0.1, -0.05) is 44.2 Å². The zero-order chi connectivity index (χ0) is 24.5. The lowest BCUT2D eigenvalue weighted by molar-refractivity contribution is -0.135. The van der Waals surface area contributed by atoms with Crippen LogP contribution in [0.25, 0.3) is 0 Å². The standard InChI is InChI=1S/C27H40N4O2/c1-8-20(5)31(26(32)24(9-2)21-13-11-10-12-14-21)18-22-17-23(15-16-25(22)30(6)7)29-27(33)28-19(3)4/h10-17,19-20,24H,8-9,18H2,1-7H3,(H2,28,29,33)/t20-,24+/m1/s1. The Bertz CT molecular complexity index is 912. The number of nitrogens with one attached hydrogen (secondary N) is 2. The van der Waals surface area contributed by atoms with E-state index in [0.29, 0.717) is 12.2 Å². The van der Waals surface area contributed by atoms with Crippen LogP contribution in [-0.4, -0.2) is 43.0 Å². The molecular formula is C27H40N4O2. The summed E-state index contributed by atoms with van der Waals surface area (Å²) in [6, 6.07) is 15.8. The first kappa shape index (κ1) is 26.2. The molecule has 0 radical (unpaired) electrons. The zero-order valence-corrected chi connectivity index (χ0v) is 21.2. The fraction of sp³-hybridized carbons (Fsp3) is 0.481. The minimum absolute atomic E-state index is 0.0491. The van der Waals surface area contributed by atoms with Crippen LogP contribution in [-0.2, 0) is 11.3 Å². The number of benzene rings is 2. The molecule has 2 aromatic carbocycles. The number of nitrogens with zero attached hydrogens (tertiary/aromatic N) is 2. The monoisotopic (exact) mass is 452 g/mol. The lowest BCUT2D eigenvalue weighted by atomic mass is 9.94. The maximum absolute atomic E-state index is 13.8. The number of hydrogen-bond acceptors (Lipinski definition) is 3. The second-order valence-electron chi connectivity index (χ2n) is 9.09. The van der Waals surface area contributed by atoms with E-state index in [9.17, 15) is 9.59 Å². The van der Waals surface area contributed by atoms with Crippen LogP contribution in [0.2, 0.25) is 0 Å². The predicted molar refractivity (Wildman–Crippen MR) is 138 cm³/mol. The van der Waals surface area contributed by atoms with Gasteiger partial charge in [0.15, 0.2) is 0 Å². The minimum Gasteiger partial charge on any atom is -0.377 e. The van der Waals surface area contributed by atoms with Crippen LogP contribution in [0.4, 0.5) is 16.2 Å². The lowest BCUT2D eigenvalue weighted by Crippen LogP contribution is -2.41. The third kappa shape index (κ3) is 7.24. The Kier molecular flexibility index (Phi) is 9.76. The van der Waals surface area contributed by atoms with E-state index in [4.69, 9.17) is 0 Å². The third-order valence-corrected chi connectivity index (χ3v) is 5.89. The Hall–Kier alpha value is -3.02. The number of urea groups is 1. The van der Waals surface area contributed by atoms with Crippen LogP contribution in [0.15, 0.2) is 48.5 Å². The summed E-state index contributed by atoms with van der Waals surface area (Å²) in [4.78, 5) is 30.0. The largest absolute Gasteiger partial charge is 0.377 e. The molecule has 0 unspecified atom stereocenters. The first-order chi connectivity index (χ1) is 15.7. The van der Waals surface area contributed by atoms with Crippen molar-refractivity contribution in [2.24, 2.45) is 0 Å². The van der Waals surface area contributed by atoms with Gasteiger partial charge in [0.2, 0.25) is 5.91 Å². The van der Waals surface area contributed by atoms with Gasteiger partial charge in [0, 0.05) is 44.1 Å². The van der Waals surface area contributed by atoms with Crippen molar-refractivity contribution in [1.29, 1.82) is 0 Å². The molecule has 0 spiro atoms. The molecule has 0 bridgehead atoms. The van der Waals surface area contributed by atoms with Crippen LogP contribution in [0.3, 0.4) is 0 Å². The molecule has 3 amide bonds. The molecular weight excluding hydrogens is 412 g/mol. The van der Waals surface area contributed by atoms with Gasteiger partial charge in [-0.05, 0) is 62.9 Å². The highest BCUT2D eigenvalue weighted by Gasteiger charge is 2.28. The van der Waals surface area contributed by atoms with Crippen LogP contribution in [0, 0.1) is 0 Å². The highest BCUT2D eigenvalue weighted by Crippen LogP contribution is 2.29. The van der Waals surface area contributed by atoms with Gasteiger partial charge in [-0.2, -0.15) is 0 Å². The molecule has 0 aliphatic rings. The summed E-state index contributed by atoms with van der Waals surface area (Å²) in [7, 11) is 3.98. The summed E-state index contributed by atoms with van der Waals surface area (Å²) < 4.78 is 0. The summed E-state index contributed by atoms with van der Waals surface area (Å²) in [6.45, 7) is 10.6. The molecule has 0 saturated carbocycles. The van der Waals surface area contributed by atoms with Gasteiger partial charge in [-0.3, -0.25) is 4.79 Å². The second-order valence-corrected chi connectivity index (χ2v) is 9.09. The summed E-state index contributed by atoms with van der Waals surface area (Å²) in [5, 5.41) is 5.76. The minimum atomic E-state index is -0.237. The van der Waals surface area contributed by atoms with Gasteiger partial charge in [0.05, 0.1) is 5.92 Å². The second kappa shape index (κ2) is 12.3. The van der Waals surface area contributed by atoms with E-state index in [1.165, 1.54) is 0 Å². The number of rotatable bonds is 10. The molecule has 0 aliphatic heterocycles. The van der Waals surface area contributed by atoms with Crippen molar-refractivity contribution in [3.8, 4) is 0 Å². The molecule has 6 heteroatoms. The van der Waals surface area contributed by atoms with Crippen molar-refractivity contribution in [2.75, 3.05) is 24.3 Å². The highest BCUT2D eigenvalue weighted by atomic mass is 16.2. The Morgan fingerprint density at radius 3 is 2.15 bits per heavy atom. The average Bonchev–Trinajstić information content (AvgIpc) is 2.77. The molecule has 6 nitrogen and oxygen atoms in total. The number of anilines is 2.